The van der Waals surface area contributed by atoms with Crippen molar-refractivity contribution in [3.8, 4) is 0 Å². The van der Waals surface area contributed by atoms with Crippen LogP contribution >= 0.6 is 0 Å². The quantitative estimate of drug-likeness (QED) is 0.126. The summed E-state index contributed by atoms with van der Waals surface area (Å²) >= 11 is 0. The van der Waals surface area contributed by atoms with Crippen molar-refractivity contribution in [2.75, 3.05) is 6.61 Å². The Hall–Kier alpha value is -3.92. The number of aliphatic hydroxyl groups excluding tert-OH is 1. The van der Waals surface area contributed by atoms with Crippen LogP contribution in [0.15, 0.2) is 152 Å². The molecule has 7 heteroatoms. The van der Waals surface area contributed by atoms with E-state index in [2.05, 4.69) is 69.3 Å². The third-order valence-corrected chi connectivity index (χ3v) is 14.3. The zero-order valence-electron chi connectivity index (χ0n) is 29.1. The molecule has 0 amide bonds. The van der Waals surface area contributed by atoms with Gasteiger partial charge in [-0.1, -0.05) is 172 Å². The molecule has 260 valence electrons. The predicted molar refractivity (Wildman–Crippen MR) is 200 cm³/mol. The van der Waals surface area contributed by atoms with Gasteiger partial charge in [0.15, 0.2) is 6.29 Å². The summed E-state index contributed by atoms with van der Waals surface area (Å²) in [6.07, 6.45) is -4.14. The average Bonchev–Trinajstić information content (AvgIpc) is 3.15. The third-order valence-electron chi connectivity index (χ3n) is 9.33. The highest BCUT2D eigenvalue weighted by atomic mass is 28.4. The van der Waals surface area contributed by atoms with Crippen molar-refractivity contribution >= 4 is 18.7 Å². The van der Waals surface area contributed by atoms with Crippen molar-refractivity contribution in [1.29, 1.82) is 0 Å². The second kappa shape index (κ2) is 16.9. The Kier molecular flexibility index (Phi) is 12.1. The molecule has 0 aromatic heterocycles. The number of aliphatic hydroxyl groups is 1. The van der Waals surface area contributed by atoms with Crippen molar-refractivity contribution in [2.24, 2.45) is 0 Å². The van der Waals surface area contributed by atoms with Crippen molar-refractivity contribution in [1.82, 2.24) is 0 Å². The second-order valence-electron chi connectivity index (χ2n) is 13.8. The van der Waals surface area contributed by atoms with Crippen molar-refractivity contribution < 1.29 is 28.5 Å². The lowest BCUT2D eigenvalue weighted by Gasteiger charge is -2.47. The van der Waals surface area contributed by atoms with Crippen LogP contribution in [0, 0.1) is 0 Å². The fourth-order valence-corrected chi connectivity index (χ4v) is 11.4. The van der Waals surface area contributed by atoms with Gasteiger partial charge < -0.3 is 28.5 Å². The smallest absolute Gasteiger partial charge is 0.261 e. The molecule has 0 spiro atoms. The van der Waals surface area contributed by atoms with Gasteiger partial charge in [0.25, 0.3) is 8.32 Å². The first-order chi connectivity index (χ1) is 24.3. The highest BCUT2D eigenvalue weighted by molar-refractivity contribution is 6.99. The molecule has 0 aliphatic carbocycles. The Morgan fingerprint density at radius 1 is 0.540 bits per heavy atom. The fourth-order valence-electron chi connectivity index (χ4n) is 6.78. The summed E-state index contributed by atoms with van der Waals surface area (Å²) in [5, 5.41) is 14.2. The fraction of sp³-hybridized carbons (Fsp3) is 0.302. The Morgan fingerprint density at radius 3 is 1.34 bits per heavy atom. The van der Waals surface area contributed by atoms with Crippen LogP contribution in [0.1, 0.15) is 37.5 Å². The van der Waals surface area contributed by atoms with E-state index >= 15 is 0 Å². The lowest BCUT2D eigenvalue weighted by molar-refractivity contribution is -0.321. The first-order valence-electron chi connectivity index (χ1n) is 17.4. The van der Waals surface area contributed by atoms with E-state index in [0.717, 1.165) is 27.1 Å². The van der Waals surface area contributed by atoms with Gasteiger partial charge >= 0.3 is 0 Å². The zero-order chi connectivity index (χ0) is 34.8. The van der Waals surface area contributed by atoms with Crippen LogP contribution in [0.4, 0.5) is 0 Å². The van der Waals surface area contributed by atoms with Gasteiger partial charge in [-0.05, 0) is 32.1 Å². The van der Waals surface area contributed by atoms with E-state index in [1.165, 1.54) is 0 Å². The molecular weight excluding hydrogens is 641 g/mol. The van der Waals surface area contributed by atoms with Gasteiger partial charge in [0.05, 0.1) is 26.4 Å². The molecule has 5 atom stereocenters. The molecule has 5 aromatic rings. The summed E-state index contributed by atoms with van der Waals surface area (Å²) in [6, 6.07) is 50.9. The molecule has 0 bridgehead atoms. The highest BCUT2D eigenvalue weighted by Gasteiger charge is 2.53. The molecule has 1 aliphatic heterocycles. The molecule has 1 fully saturated rings. The number of ether oxygens (including phenoxy) is 4. The molecule has 6 rings (SSSR count). The summed E-state index contributed by atoms with van der Waals surface area (Å²) < 4.78 is 33.6. The topological polar surface area (TPSA) is 66.4 Å². The van der Waals surface area contributed by atoms with Crippen LogP contribution in [0.25, 0.3) is 0 Å². The Labute approximate surface area is 297 Å². The predicted octanol–water partition coefficient (Wildman–Crippen LogP) is 7.04. The van der Waals surface area contributed by atoms with Crippen LogP contribution < -0.4 is 10.4 Å². The van der Waals surface area contributed by atoms with Gasteiger partial charge in [0.2, 0.25) is 0 Å². The molecule has 1 N–H and O–H groups in total. The first kappa shape index (κ1) is 35.9. The molecule has 1 saturated heterocycles. The van der Waals surface area contributed by atoms with E-state index in [1.807, 2.05) is 103 Å². The van der Waals surface area contributed by atoms with E-state index in [9.17, 15) is 5.11 Å². The van der Waals surface area contributed by atoms with Gasteiger partial charge in [-0.2, -0.15) is 0 Å². The molecular formula is C43H48O6Si. The molecule has 0 saturated carbocycles. The maximum absolute atomic E-state index is 12.2. The zero-order valence-corrected chi connectivity index (χ0v) is 30.1. The number of hydrogen-bond donors (Lipinski definition) is 1. The summed E-state index contributed by atoms with van der Waals surface area (Å²) in [5.74, 6) is 0. The first-order valence-corrected chi connectivity index (χ1v) is 19.3. The second-order valence-corrected chi connectivity index (χ2v) is 18.1. The monoisotopic (exact) mass is 688 g/mol. The standard InChI is InChI=1S/C43H48O6Si/c1-43(2,3)50(36-25-15-7-16-26-36,37-27-17-8-18-28-37)48-32-38-39(44)40(45-29-33-19-9-4-10-20-33)41(46-30-34-21-11-5-12-22-34)42(49-38)47-31-35-23-13-6-14-24-35/h4-28,38-42,44H,29-32H2,1-3H3/t38-,39-,40+,41-,42+/m1/s1. The molecule has 6 nitrogen and oxygen atoms in total. The van der Waals surface area contributed by atoms with Gasteiger partial charge in [-0.25, -0.2) is 0 Å². The minimum Gasteiger partial charge on any atom is -0.405 e. The maximum atomic E-state index is 12.2. The number of hydrogen-bond acceptors (Lipinski definition) is 6. The minimum atomic E-state index is -2.93. The highest BCUT2D eigenvalue weighted by Crippen LogP contribution is 2.38. The summed E-state index contributed by atoms with van der Waals surface area (Å²) in [7, 11) is -2.93. The Bertz CT molecular complexity index is 1660. The van der Waals surface area contributed by atoms with Crippen LogP contribution in [0.3, 0.4) is 0 Å². The summed E-state index contributed by atoms with van der Waals surface area (Å²) in [6.45, 7) is 7.76. The lowest BCUT2D eigenvalue weighted by atomic mass is 9.98. The van der Waals surface area contributed by atoms with E-state index in [0.29, 0.717) is 19.8 Å². The molecule has 5 aromatic carbocycles. The maximum Gasteiger partial charge on any atom is 0.261 e. The van der Waals surface area contributed by atoms with Crippen molar-refractivity contribution in [3.63, 3.8) is 0 Å². The molecule has 1 heterocycles. The van der Waals surface area contributed by atoms with E-state index < -0.39 is 39.0 Å². The molecule has 0 radical (unpaired) electrons. The van der Waals surface area contributed by atoms with Crippen LogP contribution in [-0.4, -0.2) is 50.7 Å². The van der Waals surface area contributed by atoms with E-state index in [1.54, 1.807) is 0 Å². The number of benzene rings is 5. The van der Waals surface area contributed by atoms with Crippen LogP contribution in [-0.2, 0) is 43.2 Å². The molecule has 50 heavy (non-hydrogen) atoms. The summed E-state index contributed by atoms with van der Waals surface area (Å²) in [5.41, 5.74) is 3.00. The third kappa shape index (κ3) is 8.50. The van der Waals surface area contributed by atoms with E-state index in [4.69, 9.17) is 23.4 Å². The minimum absolute atomic E-state index is 0.135. The van der Waals surface area contributed by atoms with E-state index in [-0.39, 0.29) is 11.6 Å². The normalized spacial score (nSPS) is 21.2. The van der Waals surface area contributed by atoms with Gasteiger partial charge in [-0.3, -0.25) is 0 Å². The van der Waals surface area contributed by atoms with Gasteiger partial charge in [0.1, 0.15) is 24.4 Å². The van der Waals surface area contributed by atoms with Crippen LogP contribution in [0.2, 0.25) is 5.04 Å². The van der Waals surface area contributed by atoms with Crippen LogP contribution in [0.5, 0.6) is 0 Å². The average molecular weight is 689 g/mol. The van der Waals surface area contributed by atoms with Gasteiger partial charge in [-0.15, -0.1) is 0 Å². The summed E-state index contributed by atoms with van der Waals surface area (Å²) in [4.78, 5) is 0. The van der Waals surface area contributed by atoms with Crippen molar-refractivity contribution in [2.45, 2.75) is 76.3 Å². The Morgan fingerprint density at radius 2 is 0.920 bits per heavy atom. The Balaban J connectivity index is 1.33. The molecule has 1 aliphatic rings. The number of rotatable bonds is 14. The SMILES string of the molecule is CC(C)(C)[Si](OC[C@H]1O[C@H](OCc2ccccc2)[C@H](OCc2ccccc2)[C@@H](OCc2ccccc2)[C@@H]1O)(c1ccccc1)c1ccccc1. The lowest BCUT2D eigenvalue weighted by Crippen LogP contribution is -2.68. The van der Waals surface area contributed by atoms with Gasteiger partial charge in [0, 0.05) is 0 Å². The van der Waals surface area contributed by atoms with Crippen molar-refractivity contribution in [3.05, 3.63) is 168 Å². The molecule has 0 unspecified atom stereocenters. The largest absolute Gasteiger partial charge is 0.405 e.